The molecule has 2 fully saturated rings. The average molecular weight is 481 g/mol. The van der Waals surface area contributed by atoms with Crippen LogP contribution in [0.2, 0.25) is 0 Å². The monoisotopic (exact) mass is 480 g/mol. The van der Waals surface area contributed by atoms with Gasteiger partial charge < -0.3 is 4.90 Å². The van der Waals surface area contributed by atoms with E-state index in [0.717, 1.165) is 68.3 Å². The molecule has 0 amide bonds. The molecule has 1 unspecified atom stereocenters. The lowest BCUT2D eigenvalue weighted by Gasteiger charge is -2.40. The molecule has 0 saturated heterocycles. The third kappa shape index (κ3) is 6.70. The summed E-state index contributed by atoms with van der Waals surface area (Å²) in [4.78, 5) is 2.55. The molecule has 1 atom stereocenters. The molecule has 0 bridgehead atoms. The molecule has 2 aromatic carbocycles. The molecule has 190 valence electrons. The summed E-state index contributed by atoms with van der Waals surface area (Å²) in [5.41, 5.74) is 1.41. The molecule has 4 rings (SSSR count). The van der Waals surface area contributed by atoms with E-state index >= 15 is 8.78 Å². The zero-order valence-electron chi connectivity index (χ0n) is 21.8. The highest BCUT2D eigenvalue weighted by Crippen LogP contribution is 2.51. The van der Waals surface area contributed by atoms with E-state index in [2.05, 4.69) is 49.1 Å². The van der Waals surface area contributed by atoms with Gasteiger partial charge in [0.25, 0.3) is 0 Å². The van der Waals surface area contributed by atoms with Gasteiger partial charge in [-0.1, -0.05) is 55.5 Å². The largest absolute Gasteiger partial charge is 0.300 e. The maximum absolute atomic E-state index is 15.6. The van der Waals surface area contributed by atoms with Gasteiger partial charge >= 0.3 is 0 Å². The number of benzene rings is 2. The van der Waals surface area contributed by atoms with Crippen LogP contribution in [0, 0.1) is 11.3 Å². The number of halogens is 2. The summed E-state index contributed by atoms with van der Waals surface area (Å²) in [6.07, 6.45) is 8.03. The zero-order valence-corrected chi connectivity index (χ0v) is 21.8. The smallest absolute Gasteiger partial charge is 0.136 e. The molecular weight excluding hydrogens is 438 g/mol. The molecule has 2 aromatic rings. The molecule has 4 heteroatoms. The van der Waals surface area contributed by atoms with E-state index < -0.39 is 11.3 Å². The molecule has 2 aliphatic rings. The van der Waals surface area contributed by atoms with E-state index in [-0.39, 0.29) is 0 Å². The minimum Gasteiger partial charge on any atom is -0.300 e. The summed E-state index contributed by atoms with van der Waals surface area (Å²) in [5.74, 6) is 0. The Kier molecular flexibility index (Phi) is 9.87. The second kappa shape index (κ2) is 12.6. The molecule has 0 aliphatic heterocycles. The predicted molar refractivity (Wildman–Crippen MR) is 141 cm³/mol. The first-order valence-corrected chi connectivity index (χ1v) is 13.5. The fourth-order valence-corrected chi connectivity index (χ4v) is 5.50. The first kappa shape index (κ1) is 27.3. The third-order valence-electron chi connectivity index (χ3n) is 7.91. The van der Waals surface area contributed by atoms with Crippen molar-refractivity contribution in [2.24, 2.45) is 0 Å². The van der Waals surface area contributed by atoms with Crippen LogP contribution in [-0.4, -0.2) is 24.0 Å². The summed E-state index contributed by atoms with van der Waals surface area (Å²) < 4.78 is 31.1. The van der Waals surface area contributed by atoms with Crippen molar-refractivity contribution in [3.8, 4) is 6.07 Å². The fraction of sp³-hybridized carbons (Fsp3) is 0.581. The molecule has 0 aromatic heterocycles. The Bertz CT molecular complexity index is 919. The zero-order chi connectivity index (χ0) is 25.3. The molecule has 0 heterocycles. The molecule has 35 heavy (non-hydrogen) atoms. The highest BCUT2D eigenvalue weighted by atomic mass is 19.1. The molecular formula is C31H42F2N2. The van der Waals surface area contributed by atoms with Gasteiger partial charge in [-0.15, -0.1) is 0 Å². The number of hydrogen-bond acceptors (Lipinski definition) is 2. The van der Waals surface area contributed by atoms with Gasteiger partial charge in [0.1, 0.15) is 11.3 Å². The van der Waals surface area contributed by atoms with Gasteiger partial charge in [0, 0.05) is 19.5 Å². The van der Waals surface area contributed by atoms with Crippen LogP contribution in [-0.2, 0) is 24.2 Å². The van der Waals surface area contributed by atoms with E-state index in [0.29, 0.717) is 31.7 Å². The van der Waals surface area contributed by atoms with Gasteiger partial charge in [-0.05, 0) is 99.9 Å². The first-order chi connectivity index (χ1) is 16.9. The van der Waals surface area contributed by atoms with Crippen LogP contribution < -0.4 is 0 Å². The van der Waals surface area contributed by atoms with Crippen LogP contribution in [0.25, 0.3) is 0 Å². The van der Waals surface area contributed by atoms with Gasteiger partial charge in [0.05, 0.1) is 6.07 Å². The van der Waals surface area contributed by atoms with Crippen molar-refractivity contribution in [1.82, 2.24) is 4.90 Å². The Hall–Kier alpha value is -2.25. The highest BCUT2D eigenvalue weighted by molar-refractivity contribution is 5.44. The molecule has 2 aliphatic carbocycles. The lowest BCUT2D eigenvalue weighted by molar-refractivity contribution is 0.0512. The van der Waals surface area contributed by atoms with Gasteiger partial charge in [-0.3, -0.25) is 0 Å². The summed E-state index contributed by atoms with van der Waals surface area (Å²) in [6, 6.07) is 18.5. The van der Waals surface area contributed by atoms with Crippen LogP contribution in [0.3, 0.4) is 0 Å². The van der Waals surface area contributed by atoms with Crippen molar-refractivity contribution in [2.45, 2.75) is 102 Å². The maximum atomic E-state index is 15.6. The van der Waals surface area contributed by atoms with Crippen molar-refractivity contribution in [1.29, 1.82) is 5.26 Å². The van der Waals surface area contributed by atoms with Gasteiger partial charge in [0.15, 0.2) is 0 Å². The second-order valence-electron chi connectivity index (χ2n) is 10.4. The van der Waals surface area contributed by atoms with Crippen LogP contribution in [0.1, 0.15) is 94.4 Å². The molecule has 0 N–H and O–H groups in total. The van der Waals surface area contributed by atoms with E-state index in [1.807, 2.05) is 18.2 Å². The van der Waals surface area contributed by atoms with E-state index in [4.69, 9.17) is 5.26 Å². The van der Waals surface area contributed by atoms with Crippen molar-refractivity contribution in [3.63, 3.8) is 0 Å². The van der Waals surface area contributed by atoms with Crippen LogP contribution >= 0.6 is 0 Å². The Morgan fingerprint density at radius 2 is 1.43 bits per heavy atom. The maximum Gasteiger partial charge on any atom is 0.136 e. The predicted octanol–water partition coefficient (Wildman–Crippen LogP) is 8.19. The summed E-state index contributed by atoms with van der Waals surface area (Å²) in [6.45, 7) is 8.02. The van der Waals surface area contributed by atoms with E-state index in [9.17, 15) is 0 Å². The number of nitriles is 1. The third-order valence-corrected chi connectivity index (χ3v) is 7.91. The number of hydrogen-bond donors (Lipinski definition) is 0. The lowest BCUT2D eigenvalue weighted by atomic mass is 9.69. The Morgan fingerprint density at radius 1 is 0.886 bits per heavy atom. The van der Waals surface area contributed by atoms with Crippen LogP contribution in [0.5, 0.6) is 0 Å². The normalized spacial score (nSPS) is 18.4. The average Bonchev–Trinajstić information content (AvgIpc) is 2.83. The van der Waals surface area contributed by atoms with Gasteiger partial charge in [-0.25, -0.2) is 8.78 Å². The minimum absolute atomic E-state index is 0.383. The summed E-state index contributed by atoms with van der Waals surface area (Å²) >= 11 is 0. The van der Waals surface area contributed by atoms with Gasteiger partial charge in [-0.2, -0.15) is 5.26 Å². The quantitative estimate of drug-likeness (QED) is 0.324. The second-order valence-corrected chi connectivity index (χ2v) is 10.4. The van der Waals surface area contributed by atoms with Crippen LogP contribution in [0.4, 0.5) is 8.78 Å². The lowest BCUT2D eigenvalue weighted by Crippen LogP contribution is -2.37. The van der Waals surface area contributed by atoms with Crippen molar-refractivity contribution in [2.75, 3.05) is 13.1 Å². The molecule has 0 spiro atoms. The van der Waals surface area contributed by atoms with Gasteiger partial charge in [0.2, 0.25) is 0 Å². The molecule has 2 saturated carbocycles. The number of nitrogens with zero attached hydrogens (tertiary/aromatic N) is 2. The minimum atomic E-state index is -1.24. The first-order valence-electron chi connectivity index (χ1n) is 13.5. The highest BCUT2D eigenvalue weighted by Gasteiger charge is 2.45. The van der Waals surface area contributed by atoms with E-state index in [1.165, 1.54) is 12.5 Å². The fourth-order valence-electron chi connectivity index (χ4n) is 5.50. The van der Waals surface area contributed by atoms with Crippen molar-refractivity contribution >= 4 is 0 Å². The Labute approximate surface area is 211 Å². The standard InChI is InChI=1S/C29H39F2N.C2H3N/c1-3-21-32(22-16-24-10-5-4-6-11-24)23(2)14-15-25-26(28(30)17-8-18-28)12-7-13-27(25)29(31)19-9-20-29;1-2-3/h4-7,10-13,23H,3,8-9,14-22H2,1-2H3;1H3. The number of alkyl halides is 2. The van der Waals surface area contributed by atoms with E-state index in [1.54, 1.807) is 6.07 Å². The summed E-state index contributed by atoms with van der Waals surface area (Å²) in [7, 11) is 0. The van der Waals surface area contributed by atoms with Crippen molar-refractivity contribution in [3.05, 3.63) is 70.8 Å². The SMILES string of the molecule is CC#N.CCCN(CCc1ccccc1)C(C)CCc1c(C2(F)CCC2)cccc1C1(F)CCC1. The van der Waals surface area contributed by atoms with Crippen molar-refractivity contribution < 1.29 is 8.78 Å². The topological polar surface area (TPSA) is 27.0 Å². The van der Waals surface area contributed by atoms with Crippen LogP contribution in [0.15, 0.2) is 48.5 Å². The summed E-state index contributed by atoms with van der Waals surface area (Å²) in [5, 5.41) is 7.32. The molecule has 2 nitrogen and oxygen atoms in total. The number of rotatable bonds is 11. The Balaban J connectivity index is 0.00000108. The Morgan fingerprint density at radius 3 is 1.89 bits per heavy atom. The molecule has 0 radical (unpaired) electrons.